The number of rotatable bonds is 4. The van der Waals surface area contributed by atoms with Gasteiger partial charge in [-0.1, -0.05) is 11.3 Å². The molecule has 0 aromatic carbocycles. The minimum absolute atomic E-state index is 0.136. The number of anilines is 2. The van der Waals surface area contributed by atoms with E-state index in [9.17, 15) is 4.79 Å². The molecule has 2 heterocycles. The Hall–Kier alpha value is -1.34. The molecule has 0 aliphatic carbocycles. The number of nitrogens with zero attached hydrogens (tertiary/aromatic N) is 2. The highest BCUT2D eigenvalue weighted by atomic mass is 32.1. The first kappa shape index (κ1) is 13.1. The maximum atomic E-state index is 12.0. The van der Waals surface area contributed by atoms with E-state index in [1.54, 1.807) is 0 Å². The highest BCUT2D eigenvalue weighted by molar-refractivity contribution is 7.18. The average molecular weight is 270 g/mol. The fraction of sp³-hybridized carbons (Fsp3) is 0.636. The lowest BCUT2D eigenvalue weighted by Gasteiger charge is -2.09. The van der Waals surface area contributed by atoms with Crippen LogP contribution in [0.3, 0.4) is 0 Å². The van der Waals surface area contributed by atoms with Crippen LogP contribution >= 0.6 is 11.3 Å². The van der Waals surface area contributed by atoms with E-state index in [2.05, 4.69) is 10.3 Å². The number of thiazole rings is 1. The van der Waals surface area contributed by atoms with Crippen LogP contribution in [0.4, 0.5) is 10.9 Å². The number of hydrogen-bond acceptors (Lipinski definition) is 6. The van der Waals surface area contributed by atoms with Crippen molar-refractivity contribution in [1.29, 1.82) is 0 Å². The van der Waals surface area contributed by atoms with Gasteiger partial charge >= 0.3 is 0 Å². The third kappa shape index (κ3) is 2.91. The summed E-state index contributed by atoms with van der Waals surface area (Å²) in [5, 5.41) is 3.57. The van der Waals surface area contributed by atoms with Crippen LogP contribution in [0, 0.1) is 0 Å². The van der Waals surface area contributed by atoms with Crippen molar-refractivity contribution in [1.82, 2.24) is 10.3 Å². The maximum Gasteiger partial charge on any atom is 0.265 e. The molecule has 1 aromatic rings. The van der Waals surface area contributed by atoms with Crippen molar-refractivity contribution >= 4 is 28.2 Å². The van der Waals surface area contributed by atoms with Gasteiger partial charge in [0.2, 0.25) is 0 Å². The fourth-order valence-electron chi connectivity index (χ4n) is 1.77. The Kier molecular flexibility index (Phi) is 4.03. The van der Waals surface area contributed by atoms with Gasteiger partial charge in [0, 0.05) is 27.2 Å². The molecule has 0 bridgehead atoms. The standard InChI is InChI=1S/C11H18N4O2S/c1-15(2)11-14-9(12)8(18-11)10(16)13-6-7-4-3-5-17-7/h7H,3-6,12H2,1-2H3,(H,13,16). The van der Waals surface area contributed by atoms with E-state index < -0.39 is 0 Å². The summed E-state index contributed by atoms with van der Waals surface area (Å²) in [5.74, 6) is 0.113. The van der Waals surface area contributed by atoms with Crippen molar-refractivity contribution < 1.29 is 9.53 Å². The average Bonchev–Trinajstić information content (AvgIpc) is 2.94. The third-order valence-electron chi connectivity index (χ3n) is 2.75. The van der Waals surface area contributed by atoms with E-state index in [1.807, 2.05) is 19.0 Å². The number of hydrogen-bond donors (Lipinski definition) is 2. The molecule has 1 atom stereocenters. The summed E-state index contributed by atoms with van der Waals surface area (Å²) >= 11 is 1.30. The van der Waals surface area contributed by atoms with Crippen molar-refractivity contribution in [3.63, 3.8) is 0 Å². The molecule has 1 aromatic heterocycles. The number of aromatic nitrogens is 1. The second-order valence-electron chi connectivity index (χ2n) is 4.45. The monoisotopic (exact) mass is 270 g/mol. The SMILES string of the molecule is CN(C)c1nc(N)c(C(=O)NCC2CCCO2)s1. The normalized spacial score (nSPS) is 18.9. The molecule has 100 valence electrons. The Bertz CT molecular complexity index is 427. The zero-order valence-corrected chi connectivity index (χ0v) is 11.4. The minimum atomic E-state index is -0.173. The molecule has 2 rings (SSSR count). The first-order valence-electron chi connectivity index (χ1n) is 5.91. The molecule has 1 saturated heterocycles. The fourth-order valence-corrected chi connectivity index (χ4v) is 2.59. The maximum absolute atomic E-state index is 12.0. The predicted molar refractivity (Wildman–Crippen MR) is 72.2 cm³/mol. The van der Waals surface area contributed by atoms with Gasteiger partial charge in [-0.3, -0.25) is 4.79 Å². The number of carbonyl (C=O) groups is 1. The van der Waals surface area contributed by atoms with Crippen molar-refractivity contribution in [2.45, 2.75) is 18.9 Å². The number of nitrogens with one attached hydrogen (secondary N) is 1. The summed E-state index contributed by atoms with van der Waals surface area (Å²) in [6.07, 6.45) is 2.20. The third-order valence-corrected chi connectivity index (χ3v) is 3.98. The summed E-state index contributed by atoms with van der Waals surface area (Å²) in [5.41, 5.74) is 5.74. The van der Waals surface area contributed by atoms with Gasteiger partial charge in [0.15, 0.2) is 5.13 Å². The molecule has 0 saturated carbocycles. The lowest BCUT2D eigenvalue weighted by molar-refractivity contribution is 0.0861. The zero-order valence-electron chi connectivity index (χ0n) is 10.6. The lowest BCUT2D eigenvalue weighted by Crippen LogP contribution is -2.31. The number of nitrogens with two attached hydrogens (primary N) is 1. The highest BCUT2D eigenvalue weighted by Crippen LogP contribution is 2.26. The van der Waals surface area contributed by atoms with Crippen molar-refractivity contribution in [2.24, 2.45) is 0 Å². The summed E-state index contributed by atoms with van der Waals surface area (Å²) in [4.78, 5) is 18.4. The van der Waals surface area contributed by atoms with Crippen LogP contribution in [-0.2, 0) is 4.74 Å². The Morgan fingerprint density at radius 2 is 2.44 bits per heavy atom. The van der Waals surface area contributed by atoms with Crippen LogP contribution in [0.1, 0.15) is 22.5 Å². The first-order chi connectivity index (χ1) is 8.58. The Morgan fingerprint density at radius 3 is 3.00 bits per heavy atom. The second-order valence-corrected chi connectivity index (χ2v) is 5.43. The van der Waals surface area contributed by atoms with Gasteiger partial charge in [-0.15, -0.1) is 0 Å². The largest absolute Gasteiger partial charge is 0.382 e. The summed E-state index contributed by atoms with van der Waals surface area (Å²) in [7, 11) is 3.73. The molecule has 1 aliphatic rings. The molecule has 18 heavy (non-hydrogen) atoms. The van der Waals surface area contributed by atoms with Gasteiger partial charge in [-0.2, -0.15) is 0 Å². The van der Waals surface area contributed by atoms with E-state index in [0.717, 1.165) is 24.6 Å². The second kappa shape index (κ2) is 5.53. The first-order valence-corrected chi connectivity index (χ1v) is 6.73. The molecule has 1 unspecified atom stereocenters. The van der Waals surface area contributed by atoms with Gasteiger partial charge < -0.3 is 20.7 Å². The molecule has 0 radical (unpaired) electrons. The van der Waals surface area contributed by atoms with Crippen LogP contribution in [0.15, 0.2) is 0 Å². The van der Waals surface area contributed by atoms with Crippen LogP contribution in [0.25, 0.3) is 0 Å². The van der Waals surface area contributed by atoms with Crippen molar-refractivity contribution in [3.05, 3.63) is 4.88 Å². The molecule has 1 fully saturated rings. The Labute approximate surface area is 110 Å². The predicted octanol–water partition coefficient (Wildman–Crippen LogP) is 0.700. The zero-order chi connectivity index (χ0) is 13.1. The van der Waals surface area contributed by atoms with E-state index in [4.69, 9.17) is 10.5 Å². The molecule has 1 amide bonds. The highest BCUT2D eigenvalue weighted by Gasteiger charge is 2.20. The molecule has 6 nitrogen and oxygen atoms in total. The van der Waals surface area contributed by atoms with Gasteiger partial charge in [-0.25, -0.2) is 4.98 Å². The Morgan fingerprint density at radius 1 is 1.67 bits per heavy atom. The van der Waals surface area contributed by atoms with Crippen LogP contribution in [-0.4, -0.2) is 44.2 Å². The summed E-state index contributed by atoms with van der Waals surface area (Å²) in [6.45, 7) is 1.32. The number of carbonyl (C=O) groups excluding carboxylic acids is 1. The number of ether oxygens (including phenoxy) is 1. The molecular formula is C11H18N4O2S. The summed E-state index contributed by atoms with van der Waals surface area (Å²) < 4.78 is 5.45. The molecule has 7 heteroatoms. The molecule has 1 aliphatic heterocycles. The van der Waals surface area contributed by atoms with Crippen LogP contribution < -0.4 is 16.0 Å². The lowest BCUT2D eigenvalue weighted by atomic mass is 10.2. The van der Waals surface area contributed by atoms with Crippen molar-refractivity contribution in [3.8, 4) is 0 Å². The van der Waals surface area contributed by atoms with E-state index in [-0.39, 0.29) is 17.8 Å². The van der Waals surface area contributed by atoms with Gasteiger partial charge in [0.05, 0.1) is 6.10 Å². The number of amides is 1. The smallest absolute Gasteiger partial charge is 0.265 e. The van der Waals surface area contributed by atoms with E-state index >= 15 is 0 Å². The minimum Gasteiger partial charge on any atom is -0.382 e. The van der Waals surface area contributed by atoms with Gasteiger partial charge in [0.25, 0.3) is 5.91 Å². The quantitative estimate of drug-likeness (QED) is 0.842. The molecule has 3 N–H and O–H groups in total. The van der Waals surface area contributed by atoms with Crippen molar-refractivity contribution in [2.75, 3.05) is 37.9 Å². The van der Waals surface area contributed by atoms with Gasteiger partial charge in [-0.05, 0) is 12.8 Å². The number of nitrogen functional groups attached to an aromatic ring is 1. The summed E-state index contributed by atoms with van der Waals surface area (Å²) in [6, 6.07) is 0. The van der Waals surface area contributed by atoms with Crippen LogP contribution in [0.5, 0.6) is 0 Å². The Balaban J connectivity index is 1.95. The van der Waals surface area contributed by atoms with Crippen LogP contribution in [0.2, 0.25) is 0 Å². The van der Waals surface area contributed by atoms with E-state index in [0.29, 0.717) is 11.4 Å². The van der Waals surface area contributed by atoms with Gasteiger partial charge in [0.1, 0.15) is 10.7 Å². The molecular weight excluding hydrogens is 252 g/mol. The van der Waals surface area contributed by atoms with E-state index in [1.165, 1.54) is 11.3 Å². The molecule has 0 spiro atoms. The topological polar surface area (TPSA) is 80.5 Å².